The quantitative estimate of drug-likeness (QED) is 0.0273. The number of carbonyl (C=O) groups is 5. The molecule has 65 heteroatoms. The van der Waals surface area contributed by atoms with E-state index in [0.717, 1.165) is 34.6 Å². The zero-order valence-corrected chi connectivity index (χ0v) is 79.2. The third kappa shape index (κ3) is 27.0. The van der Waals surface area contributed by atoms with Crippen LogP contribution in [0.3, 0.4) is 0 Å². The van der Waals surface area contributed by atoms with Crippen LogP contribution in [0.4, 0.5) is 0 Å². The SMILES string of the molecule is CC(=O)N[C@H]1[C@H](O[C@H]2[C@H](O)[C@@H](NC(C)=O)C(O)O[C@@H]2CO[C@@H]2O[C@@H](C)[C@@H](O)[C@@H](O)[C@@H]2O)O[C@H](CO)[C@@H](O[C@@H]2O[C@H](CO[C@H]3O[C@H](CO[C@@H]4O[C@H](CO)[C@@H](O)[C@H](O[C@@H]5O[C@H](CO)[C@H](O)[C@H](O)[C@H]5O)[C@H]4NC(C)=O)[C@@H](O)[C@H](O)[C@@H]3O[C@@H]3O[C@H](CO)[C@@H](O)[C@H](O[C@@H]4O[C@H](CO)[C@H](O)[C@H](O)[C@H]4O)[C@H]3NC(C)=O)[C@@H](O)[C@H](O[C@H]3O[C@H](CO)[C@@H](O)[C@H](O)[C@@H]3O[C@@H]3O[C@H](CO)[C@@H](O)[C@H](O[C@@H]4O[C@H](CO)[C@H](O)[C@H](O)[C@H]4O)[C@H]3NC(C)=O)[C@@H]2O)[C@@H]1O. The monoisotopic (exact) mass is 2150 g/mol. The van der Waals surface area contributed by atoms with Gasteiger partial charge in [0.15, 0.2) is 75.5 Å². The summed E-state index contributed by atoms with van der Waals surface area (Å²) in [5.41, 5.74) is 0. The van der Waals surface area contributed by atoms with Crippen molar-refractivity contribution in [3.8, 4) is 0 Å². The zero-order chi connectivity index (χ0) is 108. The van der Waals surface area contributed by atoms with Gasteiger partial charge in [-0.25, -0.2) is 0 Å². The summed E-state index contributed by atoms with van der Waals surface area (Å²) in [6.07, 6.45) is -120. The van der Waals surface area contributed by atoms with Crippen molar-refractivity contribution < 1.29 is 296 Å². The third-order valence-electron chi connectivity index (χ3n) is 27.0. The topological polar surface area (TPSA) is 1010 Å². The van der Waals surface area contributed by atoms with E-state index < -0.39 is 470 Å². The minimum Gasteiger partial charge on any atom is -0.394 e. The molecule has 37 N–H and O–H groups in total. The molecule has 0 saturated carbocycles. The molecule has 12 fully saturated rings. The Morgan fingerprint density at radius 3 is 0.857 bits per heavy atom. The van der Waals surface area contributed by atoms with Crippen molar-refractivity contribution in [1.82, 2.24) is 26.6 Å². The summed E-state index contributed by atoms with van der Waals surface area (Å²) in [7, 11) is 0. The largest absolute Gasteiger partial charge is 0.394 e. The molecular formula is C82H137N5O60. The second-order valence-corrected chi connectivity index (χ2v) is 37.4. The molecule has 147 heavy (non-hydrogen) atoms. The van der Waals surface area contributed by atoms with E-state index >= 15 is 0 Å². The van der Waals surface area contributed by atoms with E-state index in [0.29, 0.717) is 0 Å². The maximum atomic E-state index is 13.5. The highest BCUT2D eigenvalue weighted by molar-refractivity contribution is 5.75. The number of aliphatic hydroxyl groups is 32. The van der Waals surface area contributed by atoms with Gasteiger partial charge in [0.1, 0.15) is 287 Å². The molecule has 5 amide bonds. The molecule has 12 aliphatic heterocycles. The summed E-state index contributed by atoms with van der Waals surface area (Å²) >= 11 is 0. The molecule has 12 saturated heterocycles. The number of rotatable bonds is 38. The van der Waals surface area contributed by atoms with E-state index in [1.54, 1.807) is 0 Å². The Bertz CT molecular complexity index is 4110. The van der Waals surface area contributed by atoms with Crippen molar-refractivity contribution in [2.24, 2.45) is 0 Å². The first-order valence-corrected chi connectivity index (χ1v) is 47.0. The Morgan fingerprint density at radius 1 is 0.190 bits per heavy atom. The van der Waals surface area contributed by atoms with Crippen molar-refractivity contribution >= 4 is 29.5 Å². The number of ether oxygens (including phenoxy) is 23. The van der Waals surface area contributed by atoms with E-state index in [9.17, 15) is 187 Å². The molecule has 1 unspecified atom stereocenters. The molecule has 0 aromatic carbocycles. The van der Waals surface area contributed by atoms with Crippen LogP contribution in [0.25, 0.3) is 0 Å². The first kappa shape index (κ1) is 121. The summed E-state index contributed by atoms with van der Waals surface area (Å²) in [4.78, 5) is 66.1. The Balaban J connectivity index is 0.935. The van der Waals surface area contributed by atoms with Crippen molar-refractivity contribution in [3.05, 3.63) is 0 Å². The van der Waals surface area contributed by atoms with E-state index in [4.69, 9.17) is 109 Å². The summed E-state index contributed by atoms with van der Waals surface area (Å²) in [6, 6.07) is -9.98. The molecule has 12 rings (SSSR count). The highest BCUT2D eigenvalue weighted by atomic mass is 16.8. The molecule has 0 bridgehead atoms. The van der Waals surface area contributed by atoms with Gasteiger partial charge < -0.3 is 299 Å². The Morgan fingerprint density at radius 2 is 0.435 bits per heavy atom. The van der Waals surface area contributed by atoms with Crippen LogP contribution in [-0.2, 0) is 133 Å². The van der Waals surface area contributed by atoms with Crippen LogP contribution in [0.2, 0.25) is 0 Å². The molecule has 65 nitrogen and oxygen atoms in total. The Kier molecular flexibility index (Phi) is 43.4. The van der Waals surface area contributed by atoms with Crippen LogP contribution in [0.15, 0.2) is 0 Å². The normalized spacial score (nSPS) is 49.6. The van der Waals surface area contributed by atoms with E-state index in [2.05, 4.69) is 26.6 Å². The minimum absolute atomic E-state index is 0.878. The standard InChI is InChI=1S/C82H137N5O60/c1-18-40(101)52(113)58(119)76(128-18)126-17-34-64(50(111)35(71(124)129-34)83-19(2)96)140-73-36(84-20(3)97)51(112)63(31(14-95)137-73)141-80-62(123)68(145-82-70(56(117)44(105)27(10-91)136-82)147-75-39(87-23(6)100)67(48(109)30(13-94)132-75)144-79-61(122)55(116)43(104)26(9-90)135-79)49(110)33(138-80)16-127-81-69(146-74-38(86-22(5)99)66(47(108)29(12-93)131-74)143-78-60(121)54(115)42(103)25(8-89)134-78)57(118)45(106)32(139-81)15-125-72-37(85-21(4)98)65(46(107)28(11-92)130-72)142-77-59(120)53(114)41(102)24(7-88)133-77/h18,24-82,88-95,101-124H,7-17H2,1-6H3,(H,83,96)(H,84,97)(H,85,98)(H,86,99)(H,87,100)/t18-,24+,25+,26+,27+,28+,29+,30+,31+,32+,33+,34+,35+,36+,37+,38+,39+,40+,41-,42-,43-,44+,45+,46+,47+,48+,49+,50+,51+,52+,53-,54-,55-,56-,57-,58-,59+,60+,61+,62-,63+,64+,65+,66+,67+,68-,69-,70-,71?,72+,73-,74-,75-,76+,77-,78-,79-,80-,81-,82+/m0/s1. The van der Waals surface area contributed by atoms with Gasteiger partial charge in [-0.2, -0.15) is 0 Å². The lowest BCUT2D eigenvalue weighted by Gasteiger charge is -2.51. The van der Waals surface area contributed by atoms with Gasteiger partial charge in [0, 0.05) is 34.6 Å². The fourth-order valence-electron chi connectivity index (χ4n) is 19.0. The first-order valence-electron chi connectivity index (χ1n) is 47.0. The lowest BCUT2D eigenvalue weighted by Crippen LogP contribution is -2.71. The second-order valence-electron chi connectivity index (χ2n) is 37.4. The zero-order valence-electron chi connectivity index (χ0n) is 79.2. The molecule has 0 spiro atoms. The van der Waals surface area contributed by atoms with Crippen LogP contribution < -0.4 is 26.6 Å². The van der Waals surface area contributed by atoms with Crippen molar-refractivity contribution in [1.29, 1.82) is 0 Å². The number of amides is 5. The highest BCUT2D eigenvalue weighted by Gasteiger charge is 2.64. The number of carbonyl (C=O) groups excluding carboxylic acids is 5. The Hall–Kier alpha value is -4.85. The van der Waals surface area contributed by atoms with Crippen LogP contribution in [-0.4, -0.2) is 634 Å². The van der Waals surface area contributed by atoms with Gasteiger partial charge in [0.05, 0.1) is 78.8 Å². The van der Waals surface area contributed by atoms with Crippen molar-refractivity contribution in [2.75, 3.05) is 72.7 Å². The molecule has 60 atom stereocenters. The molecule has 0 aliphatic carbocycles. The number of aliphatic hydroxyl groups excluding tert-OH is 32. The van der Waals surface area contributed by atoms with Gasteiger partial charge in [-0.3, -0.25) is 24.0 Å². The van der Waals surface area contributed by atoms with Gasteiger partial charge in [-0.05, 0) is 6.92 Å². The lowest BCUT2D eigenvalue weighted by atomic mass is 9.93. The summed E-state index contributed by atoms with van der Waals surface area (Å²) < 4.78 is 139. The van der Waals surface area contributed by atoms with Crippen LogP contribution in [0.1, 0.15) is 41.5 Å². The average Bonchev–Trinajstić information content (AvgIpc) is 0.759. The molecule has 0 aromatic heterocycles. The lowest BCUT2D eigenvalue weighted by molar-refractivity contribution is -0.399. The number of nitrogens with one attached hydrogen (secondary N) is 5. The van der Waals surface area contributed by atoms with Gasteiger partial charge in [-0.15, -0.1) is 0 Å². The van der Waals surface area contributed by atoms with Crippen LogP contribution in [0.5, 0.6) is 0 Å². The van der Waals surface area contributed by atoms with Gasteiger partial charge in [0.2, 0.25) is 29.5 Å². The predicted molar refractivity (Wildman–Crippen MR) is 452 cm³/mol. The first-order chi connectivity index (χ1) is 69.5. The van der Waals surface area contributed by atoms with Crippen LogP contribution in [0, 0.1) is 0 Å². The minimum atomic E-state index is -2.77. The molecular weight excluding hydrogens is 2010 g/mol. The summed E-state index contributed by atoms with van der Waals surface area (Å²) in [5, 5.41) is 374. The average molecular weight is 2150 g/mol. The number of hydrogen-bond acceptors (Lipinski definition) is 60. The molecule has 12 aliphatic rings. The maximum absolute atomic E-state index is 13.5. The summed E-state index contributed by atoms with van der Waals surface area (Å²) in [6.45, 7) is -7.09. The fraction of sp³-hybridized carbons (Fsp3) is 0.939. The van der Waals surface area contributed by atoms with Gasteiger partial charge >= 0.3 is 0 Å². The van der Waals surface area contributed by atoms with E-state index in [1.807, 2.05) is 0 Å². The highest BCUT2D eigenvalue weighted by Crippen LogP contribution is 2.43. The molecule has 0 aromatic rings. The fourth-order valence-corrected chi connectivity index (χ4v) is 19.0. The van der Waals surface area contributed by atoms with E-state index in [-0.39, 0.29) is 0 Å². The second kappa shape index (κ2) is 52.8. The van der Waals surface area contributed by atoms with Crippen molar-refractivity contribution in [3.63, 3.8) is 0 Å². The molecule has 12 heterocycles. The van der Waals surface area contributed by atoms with Crippen LogP contribution >= 0.6 is 0 Å². The molecule has 0 radical (unpaired) electrons. The smallest absolute Gasteiger partial charge is 0.217 e. The Labute approximate surface area is 832 Å². The molecule has 850 valence electrons. The number of hydrogen-bond donors (Lipinski definition) is 37. The van der Waals surface area contributed by atoms with Gasteiger partial charge in [-0.1, -0.05) is 0 Å². The van der Waals surface area contributed by atoms with Crippen molar-refractivity contribution in [2.45, 2.75) is 410 Å². The summed E-state index contributed by atoms with van der Waals surface area (Å²) in [5.74, 6) is -5.00. The third-order valence-corrected chi connectivity index (χ3v) is 27.0. The predicted octanol–water partition coefficient (Wildman–Crippen LogP) is -25.4. The van der Waals surface area contributed by atoms with Gasteiger partial charge in [0.25, 0.3) is 0 Å². The van der Waals surface area contributed by atoms with E-state index in [1.165, 1.54) is 6.92 Å². The maximum Gasteiger partial charge on any atom is 0.217 e.